The molecule has 0 aliphatic rings. The Bertz CT molecular complexity index is 272. The molecular weight excluding hydrogens is 180 g/mol. The van der Waals surface area contributed by atoms with Crippen molar-refractivity contribution in [2.24, 2.45) is 5.73 Å². The summed E-state index contributed by atoms with van der Waals surface area (Å²) < 4.78 is 6.99. The largest absolute Gasteiger partial charge is 0.383 e. The fraction of sp³-hybridized carbons (Fsp3) is 0.778. The Morgan fingerprint density at radius 1 is 1.57 bits per heavy atom. The van der Waals surface area contributed by atoms with Gasteiger partial charge in [-0.1, -0.05) is 6.92 Å². The summed E-state index contributed by atoms with van der Waals surface area (Å²) in [7, 11) is 1.68. The molecule has 0 fully saturated rings. The van der Waals surface area contributed by atoms with Crippen LogP contribution in [0.25, 0.3) is 0 Å². The number of nitrogens with zero attached hydrogens (tertiary/aromatic N) is 3. The Morgan fingerprint density at radius 3 is 2.86 bits per heavy atom. The molecule has 2 N–H and O–H groups in total. The van der Waals surface area contributed by atoms with Gasteiger partial charge in [0.05, 0.1) is 6.61 Å². The van der Waals surface area contributed by atoms with Crippen LogP contribution in [0.1, 0.15) is 25.6 Å². The van der Waals surface area contributed by atoms with Crippen LogP contribution in [-0.4, -0.2) is 34.5 Å². The third-order valence-electron chi connectivity index (χ3n) is 2.38. The van der Waals surface area contributed by atoms with Crippen molar-refractivity contribution in [3.8, 4) is 0 Å². The third kappa shape index (κ3) is 2.52. The normalized spacial score (nSPS) is 15.4. The predicted octanol–water partition coefficient (Wildman–Crippen LogP) is 0.375. The van der Waals surface area contributed by atoms with Crippen LogP contribution in [0.3, 0.4) is 0 Å². The summed E-state index contributed by atoms with van der Waals surface area (Å²) in [5, 5.41) is 7.95. The van der Waals surface area contributed by atoms with E-state index in [1.165, 1.54) is 0 Å². The molecule has 1 rings (SSSR count). The lowest BCUT2D eigenvalue weighted by molar-refractivity contribution is 0.185. The van der Waals surface area contributed by atoms with E-state index in [1.807, 2.05) is 11.5 Å². The second-order valence-electron chi connectivity index (χ2n) is 3.52. The molecule has 0 aromatic carbocycles. The van der Waals surface area contributed by atoms with E-state index in [0.717, 1.165) is 12.4 Å². The molecule has 0 saturated carbocycles. The molecule has 5 nitrogen and oxygen atoms in total. The lowest BCUT2D eigenvalue weighted by Crippen LogP contribution is -2.25. The maximum atomic E-state index is 5.81. The molecule has 0 spiro atoms. The molecule has 0 radical (unpaired) electrons. The van der Waals surface area contributed by atoms with Gasteiger partial charge < -0.3 is 15.0 Å². The fourth-order valence-corrected chi connectivity index (χ4v) is 1.21. The Balaban J connectivity index is 2.71. The van der Waals surface area contributed by atoms with Gasteiger partial charge in [0, 0.05) is 25.6 Å². The van der Waals surface area contributed by atoms with E-state index >= 15 is 0 Å². The van der Waals surface area contributed by atoms with Crippen LogP contribution in [0.4, 0.5) is 0 Å². The summed E-state index contributed by atoms with van der Waals surface area (Å²) in [5.74, 6) is 1.14. The summed E-state index contributed by atoms with van der Waals surface area (Å²) in [6.07, 6.45) is 1.72. The smallest absolute Gasteiger partial charge is 0.137 e. The molecule has 1 heterocycles. The van der Waals surface area contributed by atoms with Gasteiger partial charge in [-0.25, -0.2) is 0 Å². The first-order valence-corrected chi connectivity index (χ1v) is 4.79. The van der Waals surface area contributed by atoms with Gasteiger partial charge in [-0.2, -0.15) is 0 Å². The molecule has 80 valence electrons. The molecule has 0 aliphatic carbocycles. The van der Waals surface area contributed by atoms with Gasteiger partial charge in [-0.15, -0.1) is 10.2 Å². The highest BCUT2D eigenvalue weighted by atomic mass is 16.5. The molecule has 1 aromatic heterocycles. The summed E-state index contributed by atoms with van der Waals surface area (Å²) in [5.41, 5.74) is 5.81. The number of hydrogen-bond acceptors (Lipinski definition) is 4. The molecule has 5 heteroatoms. The summed E-state index contributed by atoms with van der Waals surface area (Å²) in [6, 6.07) is 0.0838. The molecule has 14 heavy (non-hydrogen) atoms. The number of methoxy groups -OCH3 is 1. The highest BCUT2D eigenvalue weighted by molar-refractivity contribution is 4.98. The number of rotatable bonds is 5. The first-order chi connectivity index (χ1) is 6.66. The van der Waals surface area contributed by atoms with Gasteiger partial charge in [-0.3, -0.25) is 0 Å². The Kier molecular flexibility index (Phi) is 4.03. The van der Waals surface area contributed by atoms with Gasteiger partial charge in [0.15, 0.2) is 0 Å². The van der Waals surface area contributed by atoms with Crippen molar-refractivity contribution in [2.45, 2.75) is 32.4 Å². The van der Waals surface area contributed by atoms with E-state index in [0.29, 0.717) is 6.61 Å². The molecule has 0 amide bonds. The average Bonchev–Trinajstić information content (AvgIpc) is 2.61. The zero-order valence-corrected chi connectivity index (χ0v) is 8.97. The summed E-state index contributed by atoms with van der Waals surface area (Å²) in [4.78, 5) is 0. The zero-order valence-electron chi connectivity index (χ0n) is 8.97. The second kappa shape index (κ2) is 5.07. The van der Waals surface area contributed by atoms with E-state index in [1.54, 1.807) is 13.4 Å². The lowest BCUT2D eigenvalue weighted by Gasteiger charge is -2.15. The molecule has 2 unspecified atom stereocenters. The van der Waals surface area contributed by atoms with Crippen LogP contribution in [-0.2, 0) is 11.3 Å². The van der Waals surface area contributed by atoms with E-state index in [2.05, 4.69) is 17.1 Å². The fourth-order valence-electron chi connectivity index (χ4n) is 1.21. The molecule has 2 atom stereocenters. The van der Waals surface area contributed by atoms with E-state index in [9.17, 15) is 0 Å². The van der Waals surface area contributed by atoms with E-state index in [4.69, 9.17) is 10.5 Å². The molecule has 0 aliphatic heterocycles. The minimum Gasteiger partial charge on any atom is -0.383 e. The zero-order chi connectivity index (χ0) is 10.6. The van der Waals surface area contributed by atoms with Gasteiger partial charge in [0.1, 0.15) is 12.2 Å². The minimum absolute atomic E-state index is 0.0838. The monoisotopic (exact) mass is 198 g/mol. The maximum Gasteiger partial charge on any atom is 0.137 e. The van der Waals surface area contributed by atoms with Crippen LogP contribution in [0.5, 0.6) is 0 Å². The Labute approximate surface area is 84.3 Å². The first-order valence-electron chi connectivity index (χ1n) is 4.79. The topological polar surface area (TPSA) is 66.0 Å². The molecular formula is C9H18N4O. The minimum atomic E-state index is 0.0838. The number of aromatic nitrogens is 3. The van der Waals surface area contributed by atoms with Gasteiger partial charge >= 0.3 is 0 Å². The van der Waals surface area contributed by atoms with Gasteiger partial charge in [-0.05, 0) is 6.92 Å². The highest BCUT2D eigenvalue weighted by Gasteiger charge is 2.16. The van der Waals surface area contributed by atoms with Crippen LogP contribution in [0, 0.1) is 0 Å². The van der Waals surface area contributed by atoms with Crippen molar-refractivity contribution in [3.63, 3.8) is 0 Å². The highest BCUT2D eigenvalue weighted by Crippen LogP contribution is 2.14. The van der Waals surface area contributed by atoms with E-state index in [-0.39, 0.29) is 12.0 Å². The first kappa shape index (κ1) is 11.1. The van der Waals surface area contributed by atoms with Crippen LogP contribution in [0.2, 0.25) is 0 Å². The van der Waals surface area contributed by atoms with Gasteiger partial charge in [0.25, 0.3) is 0 Å². The van der Waals surface area contributed by atoms with Crippen molar-refractivity contribution in [1.82, 2.24) is 14.8 Å². The quantitative estimate of drug-likeness (QED) is 0.742. The Morgan fingerprint density at radius 2 is 2.29 bits per heavy atom. The SMILES string of the molecule is COCCn1cnnc1C(C)C(C)N. The second-order valence-corrected chi connectivity index (χ2v) is 3.52. The predicted molar refractivity (Wildman–Crippen MR) is 54.0 cm³/mol. The summed E-state index contributed by atoms with van der Waals surface area (Å²) in [6.45, 7) is 5.46. The van der Waals surface area contributed by atoms with Crippen molar-refractivity contribution >= 4 is 0 Å². The third-order valence-corrected chi connectivity index (χ3v) is 2.38. The number of hydrogen-bond donors (Lipinski definition) is 1. The van der Waals surface area contributed by atoms with Crippen molar-refractivity contribution in [3.05, 3.63) is 12.2 Å². The van der Waals surface area contributed by atoms with E-state index < -0.39 is 0 Å². The molecule has 0 saturated heterocycles. The van der Waals surface area contributed by atoms with Crippen LogP contribution < -0.4 is 5.73 Å². The Hall–Kier alpha value is -0.940. The van der Waals surface area contributed by atoms with Crippen LogP contribution >= 0.6 is 0 Å². The maximum absolute atomic E-state index is 5.81. The standard InChI is InChI=1S/C9H18N4O/c1-7(8(2)10)9-12-11-6-13(9)4-5-14-3/h6-8H,4-5,10H2,1-3H3. The molecule has 1 aromatic rings. The number of ether oxygens (including phenoxy) is 1. The van der Waals surface area contributed by atoms with Crippen molar-refractivity contribution in [2.75, 3.05) is 13.7 Å². The number of nitrogens with two attached hydrogens (primary N) is 1. The van der Waals surface area contributed by atoms with Crippen LogP contribution in [0.15, 0.2) is 6.33 Å². The lowest BCUT2D eigenvalue weighted by atomic mass is 10.0. The van der Waals surface area contributed by atoms with Crippen molar-refractivity contribution < 1.29 is 4.74 Å². The molecule has 0 bridgehead atoms. The average molecular weight is 198 g/mol. The summed E-state index contributed by atoms with van der Waals surface area (Å²) >= 11 is 0. The van der Waals surface area contributed by atoms with Crippen molar-refractivity contribution in [1.29, 1.82) is 0 Å². The van der Waals surface area contributed by atoms with Gasteiger partial charge in [0.2, 0.25) is 0 Å².